The van der Waals surface area contributed by atoms with Crippen LogP contribution in [0.4, 0.5) is 0 Å². The molecule has 0 unspecified atom stereocenters. The Bertz CT molecular complexity index is 539. The summed E-state index contributed by atoms with van der Waals surface area (Å²) in [5.41, 5.74) is 4.93. The van der Waals surface area contributed by atoms with Crippen molar-refractivity contribution in [2.24, 2.45) is 5.73 Å². The highest BCUT2D eigenvalue weighted by Gasteiger charge is 2.21. The van der Waals surface area contributed by atoms with Crippen LogP contribution in [0.25, 0.3) is 0 Å². The van der Waals surface area contributed by atoms with Crippen molar-refractivity contribution in [1.82, 2.24) is 5.32 Å². The predicted octanol–water partition coefficient (Wildman–Crippen LogP) is 1.27. The second-order valence-corrected chi connectivity index (χ2v) is 5.70. The van der Waals surface area contributed by atoms with E-state index in [4.69, 9.17) is 22.4 Å². The zero-order chi connectivity index (χ0) is 15.8. The lowest BCUT2D eigenvalue weighted by Gasteiger charge is -2.12. The van der Waals surface area contributed by atoms with Crippen molar-refractivity contribution in [3.8, 4) is 0 Å². The van der Waals surface area contributed by atoms with Crippen molar-refractivity contribution in [3.05, 3.63) is 29.3 Å². The Balaban J connectivity index is 2.41. The highest BCUT2D eigenvalue weighted by atomic mass is 35.5. The Morgan fingerprint density at radius 3 is 2.57 bits per heavy atom. The van der Waals surface area contributed by atoms with Crippen LogP contribution in [0, 0.1) is 0 Å². The number of carbonyl (C=O) groups excluding carboxylic acids is 2. The summed E-state index contributed by atoms with van der Waals surface area (Å²) >= 11 is 7.37. The minimum atomic E-state index is -1.29. The maximum absolute atomic E-state index is 11.6. The number of carbonyl (C=O) groups is 3. The van der Waals surface area contributed by atoms with Gasteiger partial charge in [-0.05, 0) is 12.1 Å². The van der Waals surface area contributed by atoms with Gasteiger partial charge in [0.15, 0.2) is 0 Å². The zero-order valence-corrected chi connectivity index (χ0v) is 12.6. The summed E-state index contributed by atoms with van der Waals surface area (Å²) < 4.78 is 0. The summed E-state index contributed by atoms with van der Waals surface area (Å²) in [6.07, 6.45) is -0.322. The van der Waals surface area contributed by atoms with Crippen molar-refractivity contribution in [1.29, 1.82) is 0 Å². The van der Waals surface area contributed by atoms with E-state index in [0.29, 0.717) is 10.8 Å². The van der Waals surface area contributed by atoms with Gasteiger partial charge in [0.2, 0.25) is 11.8 Å². The van der Waals surface area contributed by atoms with E-state index >= 15 is 0 Å². The molecule has 0 saturated heterocycles. The van der Waals surface area contributed by atoms with Crippen molar-refractivity contribution < 1.29 is 19.5 Å². The van der Waals surface area contributed by atoms with Gasteiger partial charge in [-0.2, -0.15) is 0 Å². The zero-order valence-electron chi connectivity index (χ0n) is 11.0. The molecule has 1 atom stereocenters. The lowest BCUT2D eigenvalue weighted by atomic mass is 10.2. The maximum Gasteiger partial charge on any atom is 0.326 e. The summed E-state index contributed by atoms with van der Waals surface area (Å²) in [4.78, 5) is 34.1. The Morgan fingerprint density at radius 2 is 2.00 bits per heavy atom. The topological polar surface area (TPSA) is 109 Å². The molecule has 0 spiro atoms. The van der Waals surface area contributed by atoms with Crippen LogP contribution >= 0.6 is 23.4 Å². The van der Waals surface area contributed by atoms with Gasteiger partial charge in [-0.25, -0.2) is 4.79 Å². The quantitative estimate of drug-likeness (QED) is 0.622. The SMILES string of the molecule is NC(=O)C[C@@H](NC(=O)CCSc1ccccc1Cl)C(=O)O. The predicted molar refractivity (Wildman–Crippen MR) is 80.2 cm³/mol. The summed E-state index contributed by atoms with van der Waals surface area (Å²) in [5, 5.41) is 11.7. The molecule has 1 aromatic carbocycles. The lowest BCUT2D eigenvalue weighted by Crippen LogP contribution is -2.43. The van der Waals surface area contributed by atoms with Crippen molar-refractivity contribution in [2.45, 2.75) is 23.8 Å². The number of halogens is 1. The van der Waals surface area contributed by atoms with E-state index < -0.39 is 30.2 Å². The number of thioether (sulfide) groups is 1. The van der Waals surface area contributed by atoms with Crippen LogP contribution in [0.5, 0.6) is 0 Å². The third-order valence-corrected chi connectivity index (χ3v) is 3.98. The fourth-order valence-corrected chi connectivity index (χ4v) is 2.67. The highest BCUT2D eigenvalue weighted by molar-refractivity contribution is 7.99. The smallest absolute Gasteiger partial charge is 0.326 e. The molecule has 114 valence electrons. The molecule has 8 heteroatoms. The molecule has 1 aromatic rings. The molecule has 0 aliphatic carbocycles. The number of hydrogen-bond donors (Lipinski definition) is 3. The molecule has 0 aliphatic rings. The van der Waals surface area contributed by atoms with Crippen LogP contribution in [0.1, 0.15) is 12.8 Å². The van der Waals surface area contributed by atoms with Crippen LogP contribution in [-0.4, -0.2) is 34.7 Å². The minimum Gasteiger partial charge on any atom is -0.480 e. The number of nitrogens with one attached hydrogen (secondary N) is 1. The lowest BCUT2D eigenvalue weighted by molar-refractivity contribution is -0.143. The van der Waals surface area contributed by atoms with Crippen LogP contribution in [0.15, 0.2) is 29.2 Å². The summed E-state index contributed by atoms with van der Waals surface area (Å²) in [7, 11) is 0. The molecular formula is C13H15ClN2O4S. The molecule has 0 aromatic heterocycles. The van der Waals surface area contributed by atoms with Gasteiger partial charge < -0.3 is 16.2 Å². The van der Waals surface area contributed by atoms with E-state index in [1.165, 1.54) is 11.8 Å². The van der Waals surface area contributed by atoms with Crippen molar-refractivity contribution in [3.63, 3.8) is 0 Å². The Labute approximate surface area is 131 Å². The highest BCUT2D eigenvalue weighted by Crippen LogP contribution is 2.26. The number of carboxylic acids is 1. The number of rotatable bonds is 8. The molecule has 4 N–H and O–H groups in total. The number of nitrogens with two attached hydrogens (primary N) is 1. The monoisotopic (exact) mass is 330 g/mol. The van der Waals surface area contributed by atoms with Gasteiger partial charge in [-0.15, -0.1) is 11.8 Å². The van der Waals surface area contributed by atoms with E-state index in [9.17, 15) is 14.4 Å². The Kier molecular flexibility index (Phi) is 7.04. The van der Waals surface area contributed by atoms with Gasteiger partial charge in [-0.1, -0.05) is 23.7 Å². The maximum atomic E-state index is 11.6. The number of carboxylic acid groups (broad SMARTS) is 1. The van der Waals surface area contributed by atoms with Crippen LogP contribution in [-0.2, 0) is 14.4 Å². The first-order chi connectivity index (χ1) is 9.90. The first-order valence-corrected chi connectivity index (χ1v) is 7.44. The van der Waals surface area contributed by atoms with E-state index in [2.05, 4.69) is 5.32 Å². The van der Waals surface area contributed by atoms with E-state index in [1.807, 2.05) is 12.1 Å². The summed E-state index contributed by atoms with van der Waals surface area (Å²) in [6, 6.07) is 5.93. The molecule has 1 rings (SSSR count). The van der Waals surface area contributed by atoms with E-state index in [-0.39, 0.29) is 6.42 Å². The third-order valence-electron chi connectivity index (χ3n) is 2.46. The molecule has 0 radical (unpaired) electrons. The van der Waals surface area contributed by atoms with Gasteiger partial charge in [-0.3, -0.25) is 9.59 Å². The normalized spacial score (nSPS) is 11.7. The number of hydrogen-bond acceptors (Lipinski definition) is 4. The van der Waals surface area contributed by atoms with Gasteiger partial charge in [0.25, 0.3) is 0 Å². The average molecular weight is 331 g/mol. The fraction of sp³-hybridized carbons (Fsp3) is 0.308. The van der Waals surface area contributed by atoms with E-state index in [0.717, 1.165) is 4.90 Å². The fourth-order valence-electron chi connectivity index (χ4n) is 1.48. The van der Waals surface area contributed by atoms with Gasteiger partial charge in [0.05, 0.1) is 11.4 Å². The number of benzene rings is 1. The molecule has 6 nitrogen and oxygen atoms in total. The van der Waals surface area contributed by atoms with Gasteiger partial charge >= 0.3 is 5.97 Å². The van der Waals surface area contributed by atoms with Crippen LogP contribution < -0.4 is 11.1 Å². The first kappa shape index (κ1) is 17.3. The molecule has 0 heterocycles. The van der Waals surface area contributed by atoms with Crippen molar-refractivity contribution >= 4 is 41.1 Å². The van der Waals surface area contributed by atoms with Crippen molar-refractivity contribution in [2.75, 3.05) is 5.75 Å². The molecule has 0 saturated carbocycles. The van der Waals surface area contributed by atoms with Crippen LogP contribution in [0.3, 0.4) is 0 Å². The standard InChI is InChI=1S/C13H15ClN2O4S/c14-8-3-1-2-4-10(8)21-6-5-12(18)16-9(13(19)20)7-11(15)17/h1-4,9H,5-7H2,(H2,15,17)(H,16,18)(H,19,20)/t9-/m1/s1. The summed E-state index contributed by atoms with van der Waals surface area (Å²) in [6.45, 7) is 0. The Hall–Kier alpha value is -1.73. The number of amides is 2. The van der Waals surface area contributed by atoms with E-state index in [1.54, 1.807) is 12.1 Å². The molecule has 0 fully saturated rings. The number of aliphatic carboxylic acids is 1. The second-order valence-electron chi connectivity index (χ2n) is 4.16. The summed E-state index contributed by atoms with van der Waals surface area (Å²) in [5.74, 6) is -2.09. The second kappa shape index (κ2) is 8.53. The first-order valence-electron chi connectivity index (χ1n) is 6.08. The molecule has 2 amide bonds. The third kappa shape index (κ3) is 6.50. The Morgan fingerprint density at radius 1 is 1.33 bits per heavy atom. The largest absolute Gasteiger partial charge is 0.480 e. The van der Waals surface area contributed by atoms with Crippen LogP contribution in [0.2, 0.25) is 5.02 Å². The van der Waals surface area contributed by atoms with Gasteiger partial charge in [0.1, 0.15) is 6.04 Å². The molecule has 21 heavy (non-hydrogen) atoms. The number of primary amides is 1. The average Bonchev–Trinajstić information content (AvgIpc) is 2.39. The minimum absolute atomic E-state index is 0.110. The molecule has 0 aliphatic heterocycles. The van der Waals surface area contributed by atoms with Gasteiger partial charge in [0, 0.05) is 17.1 Å². The molecular weight excluding hydrogens is 316 g/mol. The molecule has 0 bridgehead atoms.